The molecule has 0 heterocycles. The molecule has 0 saturated heterocycles. The van der Waals surface area contributed by atoms with Crippen LogP contribution in [0.4, 0.5) is 5.69 Å². The van der Waals surface area contributed by atoms with E-state index in [0.29, 0.717) is 11.3 Å². The maximum Gasteiger partial charge on any atom is 0.264 e. The van der Waals surface area contributed by atoms with Gasteiger partial charge in [-0.25, -0.2) is 8.42 Å². The van der Waals surface area contributed by atoms with Crippen molar-refractivity contribution in [1.29, 1.82) is 0 Å². The van der Waals surface area contributed by atoms with Crippen molar-refractivity contribution in [2.75, 3.05) is 10.8 Å². The van der Waals surface area contributed by atoms with E-state index >= 15 is 0 Å². The summed E-state index contributed by atoms with van der Waals surface area (Å²) in [6.45, 7) is 7.11. The zero-order chi connectivity index (χ0) is 31.9. The highest BCUT2D eigenvalue weighted by molar-refractivity contribution is 9.10. The number of nitrogens with zero attached hydrogens (tertiary/aromatic N) is 2. The molecule has 0 aromatic heterocycles. The second kappa shape index (κ2) is 14.7. The van der Waals surface area contributed by atoms with Crippen LogP contribution in [0.5, 0.6) is 0 Å². The fourth-order valence-electron chi connectivity index (χ4n) is 5.08. The highest BCUT2D eigenvalue weighted by Crippen LogP contribution is 2.28. The van der Waals surface area contributed by atoms with E-state index in [0.717, 1.165) is 25.5 Å². The molecule has 4 rings (SSSR count). The molecule has 44 heavy (non-hydrogen) atoms. The molecule has 0 bridgehead atoms. The molecule has 0 fully saturated rings. The molecule has 230 valence electrons. The van der Waals surface area contributed by atoms with E-state index in [1.54, 1.807) is 24.3 Å². The molecule has 0 aliphatic rings. The molecule has 1 N–H and O–H groups in total. The van der Waals surface area contributed by atoms with E-state index in [4.69, 9.17) is 0 Å². The zero-order valence-electron chi connectivity index (χ0n) is 25.4. The molecule has 0 aliphatic heterocycles. The molecule has 9 heteroatoms. The molecule has 0 aliphatic carbocycles. The Bertz CT molecular complexity index is 1700. The lowest BCUT2D eigenvalue weighted by atomic mass is 10.0. The quantitative estimate of drug-likeness (QED) is 0.188. The van der Waals surface area contributed by atoms with Crippen molar-refractivity contribution in [3.05, 3.63) is 130 Å². The Kier molecular flexibility index (Phi) is 11.0. The summed E-state index contributed by atoms with van der Waals surface area (Å²) >= 11 is 3.51. The number of rotatable bonds is 12. The summed E-state index contributed by atoms with van der Waals surface area (Å²) in [4.78, 5) is 29.9. The summed E-state index contributed by atoms with van der Waals surface area (Å²) in [5.41, 5.74) is 3.77. The molecule has 0 radical (unpaired) electrons. The first-order valence-corrected chi connectivity index (χ1v) is 16.7. The fourth-order valence-corrected chi connectivity index (χ4v) is 7.03. The monoisotopic (exact) mass is 675 g/mol. The minimum Gasteiger partial charge on any atom is -0.352 e. The van der Waals surface area contributed by atoms with Crippen molar-refractivity contribution < 1.29 is 18.0 Å². The number of sulfonamides is 1. The third-order valence-corrected chi connectivity index (χ3v) is 9.44. The zero-order valence-corrected chi connectivity index (χ0v) is 27.8. The molecule has 4 aromatic rings. The van der Waals surface area contributed by atoms with Crippen LogP contribution in [0.15, 0.2) is 112 Å². The van der Waals surface area contributed by atoms with Gasteiger partial charge in [0.15, 0.2) is 0 Å². The first-order chi connectivity index (χ1) is 21.0. The minimum atomic E-state index is -4.14. The number of hydrogen-bond donors (Lipinski definition) is 1. The molecular formula is C35H38BrN3O4S. The van der Waals surface area contributed by atoms with Gasteiger partial charge in [-0.15, -0.1) is 0 Å². The molecule has 4 aromatic carbocycles. The van der Waals surface area contributed by atoms with Crippen LogP contribution < -0.4 is 9.62 Å². The Morgan fingerprint density at radius 3 is 2.07 bits per heavy atom. The summed E-state index contributed by atoms with van der Waals surface area (Å²) in [5, 5.41) is 2.98. The molecule has 7 nitrogen and oxygen atoms in total. The third-order valence-electron chi connectivity index (χ3n) is 7.18. The number of hydrogen-bond acceptors (Lipinski definition) is 4. The van der Waals surface area contributed by atoms with Crippen LogP contribution in [0.25, 0.3) is 0 Å². The van der Waals surface area contributed by atoms with Gasteiger partial charge >= 0.3 is 0 Å². The largest absolute Gasteiger partial charge is 0.352 e. The van der Waals surface area contributed by atoms with Crippen LogP contribution in [-0.4, -0.2) is 43.8 Å². The number of benzene rings is 4. The van der Waals surface area contributed by atoms with Gasteiger partial charge in [0.2, 0.25) is 11.8 Å². The molecule has 0 saturated carbocycles. The first-order valence-electron chi connectivity index (χ1n) is 14.5. The molecule has 0 unspecified atom stereocenters. The van der Waals surface area contributed by atoms with Crippen molar-refractivity contribution >= 4 is 43.5 Å². The van der Waals surface area contributed by atoms with Gasteiger partial charge in [-0.05, 0) is 74.7 Å². The van der Waals surface area contributed by atoms with Crippen LogP contribution in [-0.2, 0) is 32.6 Å². The van der Waals surface area contributed by atoms with Gasteiger partial charge in [-0.1, -0.05) is 94.3 Å². The van der Waals surface area contributed by atoms with Crippen molar-refractivity contribution in [2.45, 2.75) is 57.6 Å². The second-order valence-electron chi connectivity index (χ2n) is 11.1. The SMILES string of the molecule is Cc1ccc(N(CC(=O)N(Cc2cccc(Br)c2)[C@@H](Cc2ccccc2)C(=O)NC(C)C)S(=O)(=O)c2ccccc2)c(C)c1. The number of aryl methyl sites for hydroxylation is 2. The molecule has 1 atom stereocenters. The summed E-state index contributed by atoms with van der Waals surface area (Å²) in [7, 11) is -4.14. The number of nitrogens with one attached hydrogen (secondary N) is 1. The maximum absolute atomic E-state index is 14.5. The Morgan fingerprint density at radius 1 is 0.818 bits per heavy atom. The Balaban J connectivity index is 1.82. The fraction of sp³-hybridized carbons (Fsp3) is 0.257. The summed E-state index contributed by atoms with van der Waals surface area (Å²) in [6, 6.07) is 29.5. The van der Waals surface area contributed by atoms with Gasteiger partial charge in [0.25, 0.3) is 10.0 Å². The maximum atomic E-state index is 14.5. The number of carbonyl (C=O) groups excluding carboxylic acids is 2. The smallest absolute Gasteiger partial charge is 0.264 e. The normalized spacial score (nSPS) is 12.0. The van der Waals surface area contributed by atoms with Gasteiger partial charge < -0.3 is 10.2 Å². The summed E-state index contributed by atoms with van der Waals surface area (Å²) in [5.74, 6) is -0.805. The van der Waals surface area contributed by atoms with Crippen molar-refractivity contribution in [2.24, 2.45) is 0 Å². The predicted molar refractivity (Wildman–Crippen MR) is 179 cm³/mol. The van der Waals surface area contributed by atoms with E-state index in [1.165, 1.54) is 17.0 Å². The highest BCUT2D eigenvalue weighted by Gasteiger charge is 2.35. The lowest BCUT2D eigenvalue weighted by Gasteiger charge is -2.34. The predicted octanol–water partition coefficient (Wildman–Crippen LogP) is 6.43. The number of halogens is 1. The topological polar surface area (TPSA) is 86.8 Å². The lowest BCUT2D eigenvalue weighted by Crippen LogP contribution is -2.54. The molecule has 2 amide bonds. The van der Waals surface area contributed by atoms with Crippen LogP contribution in [0.3, 0.4) is 0 Å². The van der Waals surface area contributed by atoms with E-state index < -0.39 is 28.5 Å². The first kappa shape index (κ1) is 33.0. The summed E-state index contributed by atoms with van der Waals surface area (Å²) in [6.07, 6.45) is 0.258. The van der Waals surface area contributed by atoms with E-state index in [2.05, 4.69) is 21.2 Å². The van der Waals surface area contributed by atoms with Crippen molar-refractivity contribution in [1.82, 2.24) is 10.2 Å². The van der Waals surface area contributed by atoms with Crippen molar-refractivity contribution in [3.8, 4) is 0 Å². The molecule has 0 spiro atoms. The average molecular weight is 677 g/mol. The van der Waals surface area contributed by atoms with Gasteiger partial charge in [-0.2, -0.15) is 0 Å². The molecular weight excluding hydrogens is 638 g/mol. The van der Waals surface area contributed by atoms with E-state index in [1.807, 2.05) is 94.4 Å². The Hall–Kier alpha value is -3.95. The number of carbonyl (C=O) groups is 2. The van der Waals surface area contributed by atoms with Crippen LogP contribution in [0.1, 0.15) is 36.1 Å². The minimum absolute atomic E-state index is 0.0738. The van der Waals surface area contributed by atoms with Gasteiger partial charge in [-0.3, -0.25) is 13.9 Å². The highest BCUT2D eigenvalue weighted by atomic mass is 79.9. The lowest BCUT2D eigenvalue weighted by molar-refractivity contribution is -0.140. The van der Waals surface area contributed by atoms with Crippen LogP contribution in [0.2, 0.25) is 0 Å². The van der Waals surface area contributed by atoms with Gasteiger partial charge in [0, 0.05) is 23.5 Å². The standard InChI is InChI=1S/C35H38BrN3O4S/c1-25(2)37-35(41)33(22-28-12-7-5-8-13-28)38(23-29-14-11-15-30(36)21-29)34(40)24-39(32-19-18-26(3)20-27(32)4)44(42,43)31-16-9-6-10-17-31/h5-21,25,33H,22-24H2,1-4H3,(H,37,41)/t33-/m0/s1. The second-order valence-corrected chi connectivity index (χ2v) is 13.9. The van der Waals surface area contributed by atoms with Crippen LogP contribution in [0, 0.1) is 13.8 Å². The number of amides is 2. The average Bonchev–Trinajstić information content (AvgIpc) is 2.98. The van der Waals surface area contributed by atoms with E-state index in [9.17, 15) is 18.0 Å². The van der Waals surface area contributed by atoms with Gasteiger partial charge in [0.1, 0.15) is 12.6 Å². The summed E-state index contributed by atoms with van der Waals surface area (Å²) < 4.78 is 30.3. The van der Waals surface area contributed by atoms with E-state index in [-0.39, 0.29) is 29.8 Å². The van der Waals surface area contributed by atoms with Crippen molar-refractivity contribution in [3.63, 3.8) is 0 Å². The van der Waals surface area contributed by atoms with Crippen LogP contribution >= 0.6 is 15.9 Å². The third kappa shape index (κ3) is 8.36. The Morgan fingerprint density at radius 2 is 1.45 bits per heavy atom. The Labute approximate surface area is 269 Å². The number of anilines is 1. The van der Waals surface area contributed by atoms with Gasteiger partial charge in [0.05, 0.1) is 10.6 Å².